The lowest BCUT2D eigenvalue weighted by Gasteiger charge is -2.18. The van der Waals surface area contributed by atoms with E-state index in [1.165, 1.54) is 5.56 Å². The molecule has 138 valence electrons. The highest BCUT2D eigenvalue weighted by Crippen LogP contribution is 2.37. The third-order valence-electron chi connectivity index (χ3n) is 3.78. The summed E-state index contributed by atoms with van der Waals surface area (Å²) in [4.78, 5) is 0. The second kappa shape index (κ2) is 11.4. The van der Waals surface area contributed by atoms with Crippen LogP contribution >= 0.6 is 28.3 Å². The van der Waals surface area contributed by atoms with Gasteiger partial charge in [0.25, 0.3) is 0 Å². The minimum absolute atomic E-state index is 0. The van der Waals surface area contributed by atoms with Crippen molar-refractivity contribution in [1.29, 1.82) is 0 Å². The van der Waals surface area contributed by atoms with Crippen molar-refractivity contribution in [2.75, 3.05) is 27.4 Å². The summed E-state index contributed by atoms with van der Waals surface area (Å²) < 4.78 is 17.3. The maximum Gasteiger partial charge on any atom is 0.137 e. The van der Waals surface area contributed by atoms with Crippen molar-refractivity contribution < 1.29 is 14.2 Å². The monoisotopic (exact) mass is 429 g/mol. The van der Waals surface area contributed by atoms with Gasteiger partial charge in [-0.15, -0.1) is 12.4 Å². The average molecular weight is 431 g/mol. The van der Waals surface area contributed by atoms with E-state index in [4.69, 9.17) is 14.2 Å². The van der Waals surface area contributed by atoms with Crippen LogP contribution in [0.4, 0.5) is 0 Å². The molecule has 4 nitrogen and oxygen atoms in total. The van der Waals surface area contributed by atoms with E-state index in [1.807, 2.05) is 30.3 Å². The zero-order chi connectivity index (χ0) is 17.4. The number of benzene rings is 2. The summed E-state index contributed by atoms with van der Waals surface area (Å²) in [6.45, 7) is 4.18. The number of methoxy groups -OCH3 is 2. The van der Waals surface area contributed by atoms with E-state index < -0.39 is 0 Å². The maximum absolute atomic E-state index is 5.70. The Balaban J connectivity index is 0.00000312. The van der Waals surface area contributed by atoms with E-state index >= 15 is 0 Å². The molecular formula is C19H25BrClNO3. The van der Waals surface area contributed by atoms with Gasteiger partial charge in [-0.3, -0.25) is 0 Å². The fourth-order valence-electron chi connectivity index (χ4n) is 2.37. The second-order valence-electron chi connectivity index (χ2n) is 5.45. The van der Waals surface area contributed by atoms with Crippen LogP contribution in [0.2, 0.25) is 0 Å². The Kier molecular flexibility index (Phi) is 9.90. The Bertz CT molecular complexity index is 615. The third-order valence-corrected chi connectivity index (χ3v) is 4.56. The van der Waals surface area contributed by atoms with Crippen molar-refractivity contribution in [3.63, 3.8) is 0 Å². The zero-order valence-corrected chi connectivity index (χ0v) is 17.2. The van der Waals surface area contributed by atoms with Crippen LogP contribution in [0.1, 0.15) is 24.1 Å². The van der Waals surface area contributed by atoms with Crippen LogP contribution < -0.4 is 14.8 Å². The van der Waals surface area contributed by atoms with Crippen LogP contribution in [-0.4, -0.2) is 27.4 Å². The van der Waals surface area contributed by atoms with E-state index in [0.717, 1.165) is 28.1 Å². The fourth-order valence-corrected chi connectivity index (χ4v) is 2.92. The molecular weight excluding hydrogens is 406 g/mol. The van der Waals surface area contributed by atoms with Gasteiger partial charge in [0, 0.05) is 12.6 Å². The molecule has 2 aromatic rings. The Morgan fingerprint density at radius 3 is 2.20 bits per heavy atom. The molecule has 1 atom stereocenters. The smallest absolute Gasteiger partial charge is 0.137 e. The van der Waals surface area contributed by atoms with Gasteiger partial charge < -0.3 is 19.5 Å². The van der Waals surface area contributed by atoms with Crippen LogP contribution in [0.3, 0.4) is 0 Å². The van der Waals surface area contributed by atoms with E-state index in [-0.39, 0.29) is 18.4 Å². The minimum atomic E-state index is 0. The maximum atomic E-state index is 5.70. The van der Waals surface area contributed by atoms with Crippen molar-refractivity contribution >= 4 is 28.3 Å². The number of hydrogen-bond acceptors (Lipinski definition) is 4. The van der Waals surface area contributed by atoms with E-state index in [9.17, 15) is 0 Å². The topological polar surface area (TPSA) is 39.7 Å². The van der Waals surface area contributed by atoms with Crippen molar-refractivity contribution in [3.8, 4) is 11.5 Å². The normalized spacial score (nSPS) is 11.5. The van der Waals surface area contributed by atoms with Gasteiger partial charge in [-0.1, -0.05) is 30.3 Å². The molecule has 0 bridgehead atoms. The molecule has 0 amide bonds. The molecule has 0 spiro atoms. The van der Waals surface area contributed by atoms with Gasteiger partial charge in [0.15, 0.2) is 0 Å². The highest BCUT2D eigenvalue weighted by molar-refractivity contribution is 9.10. The molecule has 0 saturated heterocycles. The molecule has 0 aliphatic carbocycles. The predicted molar refractivity (Wildman–Crippen MR) is 107 cm³/mol. The lowest BCUT2D eigenvalue weighted by Crippen LogP contribution is -2.23. The summed E-state index contributed by atoms with van der Waals surface area (Å²) in [5, 5.41) is 3.46. The standard InChI is InChI=1S/C19H24BrNO3.ClH/c1-14(16-11-17(22-2)19(20)18(12-16)23-3)21-9-10-24-13-15-7-5-4-6-8-15;/h4-8,11-12,14,21H,9-10,13H2,1-3H3;1H. The Labute approximate surface area is 164 Å². The van der Waals surface area contributed by atoms with Gasteiger partial charge >= 0.3 is 0 Å². The van der Waals surface area contributed by atoms with Crippen molar-refractivity contribution in [1.82, 2.24) is 5.32 Å². The summed E-state index contributed by atoms with van der Waals surface area (Å²) in [7, 11) is 3.30. The number of hydrogen-bond donors (Lipinski definition) is 1. The van der Waals surface area contributed by atoms with Gasteiger partial charge in [-0.2, -0.15) is 0 Å². The van der Waals surface area contributed by atoms with Crippen molar-refractivity contribution in [2.24, 2.45) is 0 Å². The lowest BCUT2D eigenvalue weighted by atomic mass is 10.1. The van der Waals surface area contributed by atoms with Gasteiger partial charge in [0.05, 0.1) is 27.4 Å². The van der Waals surface area contributed by atoms with Gasteiger partial charge in [0.1, 0.15) is 16.0 Å². The average Bonchev–Trinajstić information content (AvgIpc) is 2.62. The molecule has 2 aromatic carbocycles. The highest BCUT2D eigenvalue weighted by atomic mass is 79.9. The van der Waals surface area contributed by atoms with Gasteiger partial charge in [0.2, 0.25) is 0 Å². The molecule has 1 N–H and O–H groups in total. The number of halogens is 2. The fraction of sp³-hybridized carbons (Fsp3) is 0.368. The van der Waals surface area contributed by atoms with Crippen LogP contribution in [0.15, 0.2) is 46.9 Å². The van der Waals surface area contributed by atoms with Crippen LogP contribution in [0.5, 0.6) is 11.5 Å². The molecule has 0 fully saturated rings. The van der Waals surface area contributed by atoms with Crippen LogP contribution in [0.25, 0.3) is 0 Å². The Morgan fingerprint density at radius 2 is 1.64 bits per heavy atom. The number of nitrogens with one attached hydrogen (secondary N) is 1. The highest BCUT2D eigenvalue weighted by Gasteiger charge is 2.13. The molecule has 0 aromatic heterocycles. The van der Waals surface area contributed by atoms with E-state index in [0.29, 0.717) is 13.2 Å². The molecule has 0 heterocycles. The van der Waals surface area contributed by atoms with Gasteiger partial charge in [-0.25, -0.2) is 0 Å². The molecule has 0 radical (unpaired) electrons. The molecule has 0 aliphatic rings. The van der Waals surface area contributed by atoms with E-state index in [1.54, 1.807) is 14.2 Å². The molecule has 1 unspecified atom stereocenters. The first-order chi connectivity index (χ1) is 11.7. The SMILES string of the molecule is COc1cc(C(C)NCCOCc2ccccc2)cc(OC)c1Br.Cl. The van der Waals surface area contributed by atoms with Gasteiger partial charge in [-0.05, 0) is 46.1 Å². The quantitative estimate of drug-likeness (QED) is 0.583. The molecule has 2 rings (SSSR count). The zero-order valence-electron chi connectivity index (χ0n) is 14.8. The third kappa shape index (κ3) is 6.51. The van der Waals surface area contributed by atoms with Crippen LogP contribution in [0, 0.1) is 0 Å². The Morgan fingerprint density at radius 1 is 1.04 bits per heavy atom. The molecule has 0 saturated carbocycles. The number of rotatable bonds is 9. The van der Waals surface area contributed by atoms with Crippen molar-refractivity contribution in [2.45, 2.75) is 19.6 Å². The second-order valence-corrected chi connectivity index (χ2v) is 6.25. The summed E-state index contributed by atoms with van der Waals surface area (Å²) in [5.41, 5.74) is 2.29. The first-order valence-electron chi connectivity index (χ1n) is 7.92. The molecule has 6 heteroatoms. The minimum Gasteiger partial charge on any atom is -0.495 e. The summed E-state index contributed by atoms with van der Waals surface area (Å²) >= 11 is 3.49. The predicted octanol–water partition coefficient (Wildman–Crippen LogP) is 4.76. The Hall–Kier alpha value is -1.27. The summed E-state index contributed by atoms with van der Waals surface area (Å²) in [6, 6.07) is 14.4. The van der Waals surface area contributed by atoms with Crippen LogP contribution in [-0.2, 0) is 11.3 Å². The lowest BCUT2D eigenvalue weighted by molar-refractivity contribution is 0.121. The van der Waals surface area contributed by atoms with Crippen molar-refractivity contribution in [3.05, 3.63) is 58.1 Å². The summed E-state index contributed by atoms with van der Waals surface area (Å²) in [5.74, 6) is 1.52. The summed E-state index contributed by atoms with van der Waals surface area (Å²) in [6.07, 6.45) is 0. The first-order valence-corrected chi connectivity index (χ1v) is 8.71. The molecule has 0 aliphatic heterocycles. The number of ether oxygens (including phenoxy) is 3. The van der Waals surface area contributed by atoms with E-state index in [2.05, 4.69) is 40.3 Å². The first kappa shape index (κ1) is 21.8. The molecule has 25 heavy (non-hydrogen) atoms. The largest absolute Gasteiger partial charge is 0.495 e.